The van der Waals surface area contributed by atoms with Crippen LogP contribution < -0.4 is 0 Å². The van der Waals surface area contributed by atoms with Gasteiger partial charge in [-0.1, -0.05) is 13.8 Å². The molecule has 0 unspecified atom stereocenters. The van der Waals surface area contributed by atoms with Crippen molar-refractivity contribution in [1.82, 2.24) is 0 Å². The lowest BCUT2D eigenvalue weighted by Crippen LogP contribution is -2.46. The van der Waals surface area contributed by atoms with Crippen LogP contribution in [0.4, 0.5) is 4.39 Å². The second-order valence-electron chi connectivity index (χ2n) is 6.63. The number of halogens is 1. The van der Waals surface area contributed by atoms with E-state index in [2.05, 4.69) is 6.92 Å². The van der Waals surface area contributed by atoms with Crippen LogP contribution in [0.25, 0.3) is 0 Å². The topological polar surface area (TPSA) is 27.7 Å². The number of hydrogen-bond donors (Lipinski definition) is 0. The molecule has 0 amide bonds. The summed E-state index contributed by atoms with van der Waals surface area (Å²) in [5.41, 5.74) is -0.657. The normalized spacial score (nSPS) is 46.2. The van der Waals surface area contributed by atoms with E-state index in [1.807, 2.05) is 6.92 Å². The maximum Gasteiger partial charge on any atom is 0.180 e. The lowest BCUT2D eigenvalue weighted by atomic mass is 9.63. The smallest absolute Gasteiger partial charge is 0.180 e. The number of rotatable bonds is 3. The van der Waals surface area contributed by atoms with Gasteiger partial charge in [-0.3, -0.25) is 0 Å². The third-order valence-corrected chi connectivity index (χ3v) is 4.81. The first-order chi connectivity index (χ1) is 9.01. The van der Waals surface area contributed by atoms with E-state index < -0.39 is 5.60 Å². The highest BCUT2D eigenvalue weighted by atomic mass is 19.1. The van der Waals surface area contributed by atoms with E-state index in [-0.39, 0.29) is 17.5 Å². The molecule has 0 radical (unpaired) electrons. The monoisotopic (exact) mass is 270 g/mol. The molecule has 4 rings (SSSR count). The maximum atomic E-state index is 14.0. The van der Waals surface area contributed by atoms with Crippen molar-refractivity contribution in [3.05, 3.63) is 11.9 Å². The van der Waals surface area contributed by atoms with Crippen molar-refractivity contribution >= 4 is 0 Å². The average molecular weight is 270 g/mol. The molecule has 1 saturated heterocycles. The number of hydrogen-bond acceptors (Lipinski definition) is 3. The first-order valence-electron chi connectivity index (χ1n) is 7.27. The lowest BCUT2D eigenvalue weighted by Gasteiger charge is -2.48. The van der Waals surface area contributed by atoms with Gasteiger partial charge in [0.05, 0.1) is 25.4 Å². The summed E-state index contributed by atoms with van der Waals surface area (Å²) in [6.45, 7) is 5.92. The van der Waals surface area contributed by atoms with Crippen LogP contribution in [0.1, 0.15) is 39.5 Å². The summed E-state index contributed by atoms with van der Waals surface area (Å²) >= 11 is 0. The minimum Gasteiger partial charge on any atom is -0.366 e. The second-order valence-corrected chi connectivity index (χ2v) is 6.63. The Balaban J connectivity index is 1.58. The predicted molar refractivity (Wildman–Crippen MR) is 69.3 cm³/mol. The molecule has 19 heavy (non-hydrogen) atoms. The lowest BCUT2D eigenvalue weighted by molar-refractivity contribution is -0.235. The Bertz CT molecular complexity index is 364. The Hall–Kier alpha value is -0.450. The molecule has 3 nitrogen and oxygen atoms in total. The minimum atomic E-state index is -0.419. The van der Waals surface area contributed by atoms with Gasteiger partial charge in [-0.25, -0.2) is 4.39 Å². The molecule has 0 aromatic rings. The molecule has 0 aromatic heterocycles. The molecule has 4 aliphatic rings. The Morgan fingerprint density at radius 3 is 2.47 bits per heavy atom. The van der Waals surface area contributed by atoms with E-state index in [0.717, 1.165) is 25.7 Å². The second kappa shape index (κ2) is 4.83. The van der Waals surface area contributed by atoms with Gasteiger partial charge >= 0.3 is 0 Å². The molecule has 108 valence electrons. The van der Waals surface area contributed by atoms with Gasteiger partial charge in [0.2, 0.25) is 0 Å². The molecule has 1 saturated carbocycles. The SMILES string of the molecule is CC1COC(COC23C=C(F)C(C)(CC2)CC3)OC1. The van der Waals surface area contributed by atoms with E-state index in [1.165, 1.54) is 0 Å². The van der Waals surface area contributed by atoms with Gasteiger partial charge < -0.3 is 14.2 Å². The third kappa shape index (κ3) is 2.58. The number of ether oxygens (including phenoxy) is 3. The highest BCUT2D eigenvalue weighted by Gasteiger charge is 2.48. The molecule has 4 heteroatoms. The summed E-state index contributed by atoms with van der Waals surface area (Å²) in [6.07, 6.45) is 4.96. The highest BCUT2D eigenvalue weighted by Crippen LogP contribution is 2.53. The van der Waals surface area contributed by atoms with Crippen molar-refractivity contribution in [3.63, 3.8) is 0 Å². The number of allylic oxidation sites excluding steroid dienone is 1. The zero-order chi connectivity index (χ0) is 13.5. The van der Waals surface area contributed by atoms with Crippen LogP contribution in [0.3, 0.4) is 0 Å². The maximum absolute atomic E-state index is 14.0. The van der Waals surface area contributed by atoms with Crippen LogP contribution in [-0.4, -0.2) is 31.7 Å². The summed E-state index contributed by atoms with van der Waals surface area (Å²) in [6, 6.07) is 0. The molecule has 0 N–H and O–H groups in total. The fraction of sp³-hybridized carbons (Fsp3) is 0.867. The number of fused-ring (bicyclic) bond motifs is 2. The fourth-order valence-electron chi connectivity index (χ4n) is 3.17. The van der Waals surface area contributed by atoms with Crippen molar-refractivity contribution in [2.45, 2.75) is 51.4 Å². The van der Waals surface area contributed by atoms with Crippen LogP contribution in [0.2, 0.25) is 0 Å². The van der Waals surface area contributed by atoms with Crippen LogP contribution in [0.5, 0.6) is 0 Å². The summed E-state index contributed by atoms with van der Waals surface area (Å²) in [5.74, 6) is 0.445. The van der Waals surface area contributed by atoms with Crippen LogP contribution in [0.15, 0.2) is 11.9 Å². The first-order valence-corrected chi connectivity index (χ1v) is 7.27. The van der Waals surface area contributed by atoms with Crippen molar-refractivity contribution < 1.29 is 18.6 Å². The minimum absolute atomic E-state index is 0.00380. The molecule has 0 atom stereocenters. The van der Waals surface area contributed by atoms with Gasteiger partial charge in [-0.15, -0.1) is 0 Å². The average Bonchev–Trinajstić information content (AvgIpc) is 2.41. The summed E-state index contributed by atoms with van der Waals surface area (Å²) in [7, 11) is 0. The quantitative estimate of drug-likeness (QED) is 0.788. The standard InChI is InChI=1S/C15H23FO3/c1-11-8-17-13(18-9-11)10-19-15-5-3-14(2,4-6-15)12(16)7-15/h7,11,13H,3-6,8-10H2,1-2H3. The van der Waals surface area contributed by atoms with Gasteiger partial charge in [0, 0.05) is 11.3 Å². The van der Waals surface area contributed by atoms with E-state index >= 15 is 0 Å². The van der Waals surface area contributed by atoms with Gasteiger partial charge in [0.15, 0.2) is 6.29 Å². The zero-order valence-corrected chi connectivity index (χ0v) is 11.8. The van der Waals surface area contributed by atoms with Crippen molar-refractivity contribution in [2.75, 3.05) is 19.8 Å². The van der Waals surface area contributed by atoms with E-state index in [9.17, 15) is 4.39 Å². The highest BCUT2D eigenvalue weighted by molar-refractivity contribution is 5.23. The molecule has 2 bridgehead atoms. The van der Waals surface area contributed by atoms with Gasteiger partial charge in [0.1, 0.15) is 5.83 Å². The van der Waals surface area contributed by atoms with Gasteiger partial charge in [0.25, 0.3) is 0 Å². The fourth-order valence-corrected chi connectivity index (χ4v) is 3.17. The molecule has 1 aliphatic heterocycles. The van der Waals surface area contributed by atoms with E-state index in [0.29, 0.717) is 25.7 Å². The molecule has 1 heterocycles. The Kier molecular flexibility index (Phi) is 3.44. The third-order valence-electron chi connectivity index (χ3n) is 4.81. The van der Waals surface area contributed by atoms with Crippen LogP contribution >= 0.6 is 0 Å². The molecular formula is C15H23FO3. The van der Waals surface area contributed by atoms with Crippen molar-refractivity contribution in [2.24, 2.45) is 11.3 Å². The summed E-state index contributed by atoms with van der Waals surface area (Å²) in [4.78, 5) is 0. The summed E-state index contributed by atoms with van der Waals surface area (Å²) < 4.78 is 31.2. The summed E-state index contributed by atoms with van der Waals surface area (Å²) in [5, 5.41) is 0. The zero-order valence-electron chi connectivity index (χ0n) is 11.8. The molecular weight excluding hydrogens is 247 g/mol. The Labute approximate surface area is 114 Å². The van der Waals surface area contributed by atoms with E-state index in [4.69, 9.17) is 14.2 Å². The van der Waals surface area contributed by atoms with Gasteiger partial charge in [-0.05, 0) is 31.8 Å². The molecule has 0 aromatic carbocycles. The Morgan fingerprint density at radius 1 is 1.26 bits per heavy atom. The van der Waals surface area contributed by atoms with Crippen molar-refractivity contribution in [3.8, 4) is 0 Å². The predicted octanol–water partition coefficient (Wildman–Crippen LogP) is 3.20. The van der Waals surface area contributed by atoms with Crippen LogP contribution in [0, 0.1) is 11.3 Å². The molecule has 2 fully saturated rings. The van der Waals surface area contributed by atoms with Crippen LogP contribution in [-0.2, 0) is 14.2 Å². The van der Waals surface area contributed by atoms with Crippen molar-refractivity contribution in [1.29, 1.82) is 0 Å². The molecule has 3 aliphatic carbocycles. The van der Waals surface area contributed by atoms with Gasteiger partial charge in [-0.2, -0.15) is 0 Å². The van der Waals surface area contributed by atoms with E-state index in [1.54, 1.807) is 6.08 Å². The molecule has 0 spiro atoms. The first kappa shape index (κ1) is 13.5. The Morgan fingerprint density at radius 2 is 1.89 bits per heavy atom. The largest absolute Gasteiger partial charge is 0.366 e.